The van der Waals surface area contributed by atoms with Crippen LogP contribution >= 0.6 is 0 Å². The zero-order valence-electron chi connectivity index (χ0n) is 34.0. The van der Waals surface area contributed by atoms with Crippen molar-refractivity contribution in [1.82, 2.24) is 0 Å². The van der Waals surface area contributed by atoms with Crippen molar-refractivity contribution < 1.29 is 4.42 Å². The molecule has 0 aliphatic heterocycles. The Kier molecular flexibility index (Phi) is 9.57. The van der Waals surface area contributed by atoms with Gasteiger partial charge in [0.05, 0.1) is 11.4 Å². The van der Waals surface area contributed by atoms with Gasteiger partial charge in [-0.1, -0.05) is 206 Å². The Morgan fingerprint density at radius 1 is 0.258 bits per heavy atom. The first-order chi connectivity index (χ1) is 30.8. The molecule has 0 N–H and O–H groups in total. The fourth-order valence-corrected chi connectivity index (χ4v) is 8.94. The molecule has 1 aromatic heterocycles. The van der Waals surface area contributed by atoms with Crippen LogP contribution in [0.25, 0.3) is 88.7 Å². The second-order valence-corrected chi connectivity index (χ2v) is 15.6. The molecule has 0 radical (unpaired) electrons. The van der Waals surface area contributed by atoms with E-state index in [1.165, 1.54) is 33.4 Å². The van der Waals surface area contributed by atoms with Gasteiger partial charge in [-0.3, -0.25) is 0 Å². The van der Waals surface area contributed by atoms with Gasteiger partial charge in [0.1, 0.15) is 11.2 Å². The monoisotopic (exact) mass is 791 g/mol. The molecule has 2 nitrogen and oxygen atoms in total. The summed E-state index contributed by atoms with van der Waals surface area (Å²) < 4.78 is 6.19. The molecule has 0 bridgehead atoms. The minimum absolute atomic E-state index is 0.896. The molecule has 11 aromatic rings. The highest BCUT2D eigenvalue weighted by Gasteiger charge is 2.24. The molecule has 0 amide bonds. The highest BCUT2D eigenvalue weighted by molar-refractivity contribution is 6.07. The quantitative estimate of drug-likeness (QED) is 0.145. The number of furan rings is 1. The lowest BCUT2D eigenvalue weighted by Crippen LogP contribution is -2.13. The number of rotatable bonds is 9. The van der Waals surface area contributed by atoms with Crippen LogP contribution in [0, 0.1) is 0 Å². The van der Waals surface area contributed by atoms with Crippen molar-refractivity contribution in [3.8, 4) is 66.8 Å². The van der Waals surface area contributed by atoms with Crippen LogP contribution in [0.15, 0.2) is 253 Å². The normalized spacial score (nSPS) is 11.2. The molecule has 2 heteroatoms. The molecule has 0 saturated carbocycles. The number of hydrogen-bond donors (Lipinski definition) is 0. The zero-order valence-corrected chi connectivity index (χ0v) is 34.0. The molecule has 292 valence electrons. The van der Waals surface area contributed by atoms with E-state index in [1.54, 1.807) is 0 Å². The second-order valence-electron chi connectivity index (χ2n) is 15.6. The fourth-order valence-electron chi connectivity index (χ4n) is 8.94. The summed E-state index contributed by atoms with van der Waals surface area (Å²) in [5.74, 6) is 0. The average molecular weight is 792 g/mol. The van der Waals surface area contributed by atoms with Crippen molar-refractivity contribution in [2.45, 2.75) is 0 Å². The van der Waals surface area contributed by atoms with Gasteiger partial charge in [-0.05, 0) is 98.1 Å². The smallest absolute Gasteiger partial charge is 0.135 e. The van der Waals surface area contributed by atoms with Crippen molar-refractivity contribution in [2.24, 2.45) is 0 Å². The lowest BCUT2D eigenvalue weighted by Gasteiger charge is -2.31. The molecule has 11 rings (SSSR count). The van der Waals surface area contributed by atoms with Crippen LogP contribution in [0.3, 0.4) is 0 Å². The first-order valence-electron chi connectivity index (χ1n) is 21.2. The third-order valence-electron chi connectivity index (χ3n) is 11.9. The summed E-state index contributed by atoms with van der Waals surface area (Å²) in [6.07, 6.45) is 0. The maximum Gasteiger partial charge on any atom is 0.135 e. The molecule has 0 saturated heterocycles. The predicted molar refractivity (Wildman–Crippen MR) is 261 cm³/mol. The van der Waals surface area contributed by atoms with Crippen molar-refractivity contribution in [1.29, 1.82) is 0 Å². The van der Waals surface area contributed by atoms with E-state index in [2.05, 4.69) is 241 Å². The topological polar surface area (TPSA) is 16.4 Å². The second kappa shape index (κ2) is 16.1. The predicted octanol–water partition coefficient (Wildman–Crippen LogP) is 17.1. The highest BCUT2D eigenvalue weighted by Crippen LogP contribution is 2.50. The van der Waals surface area contributed by atoms with Crippen LogP contribution in [0.1, 0.15) is 0 Å². The molecule has 10 aromatic carbocycles. The molecule has 62 heavy (non-hydrogen) atoms. The third-order valence-corrected chi connectivity index (χ3v) is 11.9. The molecular formula is C60H41NO. The molecular weight excluding hydrogens is 751 g/mol. The van der Waals surface area contributed by atoms with E-state index in [-0.39, 0.29) is 0 Å². The van der Waals surface area contributed by atoms with Crippen LogP contribution < -0.4 is 4.90 Å². The SMILES string of the molecule is c1ccc(-c2ccc(-c3ccccc3N(c3ccc(-c4ccc5oc6ccccc6c5c4)cc3)c3cccc(-c4ccccc4)c3-c3ccccc3-c3ccccc3)cc2)cc1. The number of hydrogen-bond acceptors (Lipinski definition) is 2. The van der Waals surface area contributed by atoms with Crippen LogP contribution in [-0.4, -0.2) is 0 Å². The van der Waals surface area contributed by atoms with E-state index < -0.39 is 0 Å². The molecule has 0 aliphatic rings. The summed E-state index contributed by atoms with van der Waals surface area (Å²) in [7, 11) is 0. The Hall–Kier alpha value is -8.20. The molecule has 0 spiro atoms. The van der Waals surface area contributed by atoms with Gasteiger partial charge in [-0.25, -0.2) is 0 Å². The van der Waals surface area contributed by atoms with E-state index in [1.807, 2.05) is 12.1 Å². The van der Waals surface area contributed by atoms with Crippen molar-refractivity contribution in [3.63, 3.8) is 0 Å². The standard InChI is InChI=1S/C60H41NO/c1-4-17-42(18-5-1)43-31-33-47(34-32-43)51-24-12-14-28-56(51)61(49-38-35-44(36-39-49)48-37-40-59-55(41-48)53-25-13-15-30-58(53)62-59)57-29-16-27-52(46-21-8-3-9-22-46)60(57)54-26-11-10-23-50(54)45-19-6-2-7-20-45/h1-41H. The van der Waals surface area contributed by atoms with Gasteiger partial charge < -0.3 is 9.32 Å². The number of fused-ring (bicyclic) bond motifs is 3. The van der Waals surface area contributed by atoms with E-state index in [9.17, 15) is 0 Å². The fraction of sp³-hybridized carbons (Fsp3) is 0. The summed E-state index contributed by atoms with van der Waals surface area (Å²) >= 11 is 0. The zero-order chi connectivity index (χ0) is 41.2. The number of para-hydroxylation sites is 2. The largest absolute Gasteiger partial charge is 0.456 e. The maximum absolute atomic E-state index is 6.19. The van der Waals surface area contributed by atoms with Gasteiger partial charge in [-0.2, -0.15) is 0 Å². The van der Waals surface area contributed by atoms with Gasteiger partial charge in [0.2, 0.25) is 0 Å². The third kappa shape index (κ3) is 6.84. The van der Waals surface area contributed by atoms with Crippen molar-refractivity contribution in [3.05, 3.63) is 249 Å². The number of anilines is 3. The number of benzene rings is 10. The molecule has 0 unspecified atom stereocenters. The summed E-state index contributed by atoms with van der Waals surface area (Å²) in [5, 5.41) is 2.25. The Bertz CT molecular complexity index is 3310. The summed E-state index contributed by atoms with van der Waals surface area (Å²) in [5.41, 5.74) is 19.0. The van der Waals surface area contributed by atoms with Gasteiger partial charge >= 0.3 is 0 Å². The lowest BCUT2D eigenvalue weighted by molar-refractivity contribution is 0.669. The Morgan fingerprint density at radius 3 is 1.44 bits per heavy atom. The van der Waals surface area contributed by atoms with Crippen LogP contribution in [0.4, 0.5) is 17.1 Å². The molecule has 0 fully saturated rings. The van der Waals surface area contributed by atoms with Crippen molar-refractivity contribution >= 4 is 39.0 Å². The van der Waals surface area contributed by atoms with Gasteiger partial charge in [-0.15, -0.1) is 0 Å². The van der Waals surface area contributed by atoms with Crippen LogP contribution in [-0.2, 0) is 0 Å². The molecule has 1 heterocycles. The minimum atomic E-state index is 0.896. The lowest BCUT2D eigenvalue weighted by atomic mass is 9.87. The number of nitrogens with zero attached hydrogens (tertiary/aromatic N) is 1. The summed E-state index contributed by atoms with van der Waals surface area (Å²) in [4.78, 5) is 2.46. The Labute approximate surface area is 362 Å². The Morgan fingerprint density at radius 2 is 0.710 bits per heavy atom. The first-order valence-corrected chi connectivity index (χ1v) is 21.2. The Balaban J connectivity index is 1.13. The summed E-state index contributed by atoms with van der Waals surface area (Å²) in [6.45, 7) is 0. The minimum Gasteiger partial charge on any atom is -0.456 e. The van der Waals surface area contributed by atoms with Gasteiger partial charge in [0.25, 0.3) is 0 Å². The first kappa shape index (κ1) is 36.8. The van der Waals surface area contributed by atoms with E-state index in [0.29, 0.717) is 0 Å². The van der Waals surface area contributed by atoms with E-state index in [4.69, 9.17) is 4.42 Å². The van der Waals surface area contributed by atoms with E-state index >= 15 is 0 Å². The highest BCUT2D eigenvalue weighted by atomic mass is 16.3. The van der Waals surface area contributed by atoms with Crippen molar-refractivity contribution in [2.75, 3.05) is 4.90 Å². The van der Waals surface area contributed by atoms with Crippen LogP contribution in [0.2, 0.25) is 0 Å². The molecule has 0 atom stereocenters. The molecule has 0 aliphatic carbocycles. The maximum atomic E-state index is 6.19. The average Bonchev–Trinajstić information content (AvgIpc) is 3.73. The summed E-state index contributed by atoms with van der Waals surface area (Å²) in [6, 6.07) is 89.3. The van der Waals surface area contributed by atoms with Gasteiger partial charge in [0.15, 0.2) is 0 Å². The van der Waals surface area contributed by atoms with Crippen LogP contribution in [0.5, 0.6) is 0 Å². The van der Waals surface area contributed by atoms with Gasteiger partial charge in [0, 0.05) is 27.6 Å². The van der Waals surface area contributed by atoms with E-state index in [0.717, 1.165) is 72.4 Å².